The molecular formula is C31H41N3O5. The second kappa shape index (κ2) is 11.0. The lowest BCUT2D eigenvalue weighted by molar-refractivity contribution is -0.169. The maximum absolute atomic E-state index is 13.9. The first kappa shape index (κ1) is 26.4. The average molecular weight is 536 g/mol. The molecule has 1 N–H and O–H groups in total. The second-order valence-corrected chi connectivity index (χ2v) is 12.2. The lowest BCUT2D eigenvalue weighted by atomic mass is 9.54. The molecule has 0 atom stereocenters. The molecule has 0 unspecified atom stereocenters. The molecule has 8 heteroatoms. The Morgan fingerprint density at radius 1 is 1.03 bits per heavy atom. The quantitative estimate of drug-likeness (QED) is 0.378. The van der Waals surface area contributed by atoms with Crippen LogP contribution in [0.25, 0.3) is 0 Å². The maximum Gasteiger partial charge on any atom is 0.340 e. The van der Waals surface area contributed by atoms with Gasteiger partial charge in [-0.3, -0.25) is 4.79 Å². The first-order valence-electron chi connectivity index (χ1n) is 14.9. The van der Waals surface area contributed by atoms with E-state index < -0.39 is 5.97 Å². The van der Waals surface area contributed by atoms with E-state index in [-0.39, 0.29) is 30.8 Å². The van der Waals surface area contributed by atoms with Crippen LogP contribution in [-0.4, -0.2) is 41.0 Å². The van der Waals surface area contributed by atoms with Gasteiger partial charge in [0.1, 0.15) is 11.3 Å². The van der Waals surface area contributed by atoms with E-state index in [1.54, 1.807) is 38.3 Å². The molecule has 7 rings (SSSR count). The summed E-state index contributed by atoms with van der Waals surface area (Å²) in [4.78, 5) is 26.5. The van der Waals surface area contributed by atoms with Crippen molar-refractivity contribution < 1.29 is 23.8 Å². The summed E-state index contributed by atoms with van der Waals surface area (Å²) < 4.78 is 19.8. The van der Waals surface area contributed by atoms with Crippen molar-refractivity contribution in [3.8, 4) is 5.88 Å². The van der Waals surface area contributed by atoms with Crippen molar-refractivity contribution in [1.29, 1.82) is 0 Å². The Bertz CT molecular complexity index is 1180. The molecule has 8 nitrogen and oxygen atoms in total. The molecule has 5 fully saturated rings. The van der Waals surface area contributed by atoms with Crippen molar-refractivity contribution in [2.75, 3.05) is 19.0 Å². The summed E-state index contributed by atoms with van der Waals surface area (Å²) in [6.45, 7) is 2.30. The molecule has 1 heterocycles. The number of carbonyl (C=O) groups is 2. The number of ether oxygens (including phenoxy) is 3. The van der Waals surface area contributed by atoms with Crippen molar-refractivity contribution in [1.82, 2.24) is 9.78 Å². The van der Waals surface area contributed by atoms with Crippen molar-refractivity contribution in [3.63, 3.8) is 0 Å². The second-order valence-electron chi connectivity index (χ2n) is 12.2. The van der Waals surface area contributed by atoms with E-state index in [1.807, 2.05) is 4.68 Å². The van der Waals surface area contributed by atoms with E-state index in [9.17, 15) is 9.59 Å². The summed E-state index contributed by atoms with van der Waals surface area (Å²) in [7, 11) is 1.60. The van der Waals surface area contributed by atoms with Crippen LogP contribution in [0.1, 0.15) is 110 Å². The van der Waals surface area contributed by atoms with Crippen LogP contribution in [-0.2, 0) is 16.1 Å². The normalized spacial score (nSPS) is 27.9. The topological polar surface area (TPSA) is 91.7 Å². The first-order chi connectivity index (χ1) is 19.0. The zero-order chi connectivity index (χ0) is 27.0. The monoisotopic (exact) mass is 535 g/mol. The number of carbonyl (C=O) groups excluding carboxylic acids is 2. The fraction of sp³-hybridized carbons (Fsp3) is 0.645. The van der Waals surface area contributed by atoms with E-state index in [4.69, 9.17) is 19.3 Å². The minimum Gasteiger partial charge on any atom is -0.481 e. The van der Waals surface area contributed by atoms with Gasteiger partial charge < -0.3 is 19.5 Å². The van der Waals surface area contributed by atoms with E-state index in [1.165, 1.54) is 25.7 Å². The van der Waals surface area contributed by atoms with Crippen LogP contribution in [0.2, 0.25) is 0 Å². The molecule has 4 bridgehead atoms. The summed E-state index contributed by atoms with van der Waals surface area (Å²) >= 11 is 0. The van der Waals surface area contributed by atoms with Gasteiger partial charge in [-0.15, -0.1) is 0 Å². The van der Waals surface area contributed by atoms with Crippen molar-refractivity contribution in [3.05, 3.63) is 41.1 Å². The van der Waals surface area contributed by atoms with E-state index in [2.05, 4.69) is 5.32 Å². The number of aromatic nitrogens is 2. The van der Waals surface area contributed by atoms with Crippen LogP contribution < -0.4 is 10.1 Å². The third-order valence-electron chi connectivity index (χ3n) is 9.45. The Morgan fingerprint density at radius 2 is 1.69 bits per heavy atom. The van der Waals surface area contributed by atoms with Gasteiger partial charge in [0.05, 0.1) is 43.2 Å². The van der Waals surface area contributed by atoms with Gasteiger partial charge in [-0.2, -0.15) is 5.10 Å². The lowest BCUT2D eigenvalue weighted by Crippen LogP contribution is -2.51. The molecule has 5 aliphatic carbocycles. The number of hydrogen-bond donors (Lipinski definition) is 1. The van der Waals surface area contributed by atoms with Gasteiger partial charge in [0.2, 0.25) is 5.88 Å². The zero-order valence-corrected chi connectivity index (χ0v) is 23.2. The highest BCUT2D eigenvalue weighted by Crippen LogP contribution is 2.57. The minimum atomic E-state index is -0.469. The van der Waals surface area contributed by atoms with Crippen molar-refractivity contribution >= 4 is 17.6 Å². The zero-order valence-electron chi connectivity index (χ0n) is 23.2. The maximum atomic E-state index is 13.9. The predicted octanol–water partition coefficient (Wildman–Crippen LogP) is 6.31. The summed E-state index contributed by atoms with van der Waals surface area (Å²) in [6.07, 6.45) is 12.9. The molecule has 1 amide bonds. The van der Waals surface area contributed by atoms with E-state index >= 15 is 0 Å². The molecule has 1 aromatic heterocycles. The van der Waals surface area contributed by atoms with Crippen LogP contribution in [0.5, 0.6) is 5.88 Å². The van der Waals surface area contributed by atoms with E-state index in [0.29, 0.717) is 28.4 Å². The fourth-order valence-corrected chi connectivity index (χ4v) is 8.15. The number of amides is 1. The van der Waals surface area contributed by atoms with Gasteiger partial charge in [0.25, 0.3) is 5.91 Å². The van der Waals surface area contributed by atoms with Gasteiger partial charge in [-0.25, -0.2) is 9.48 Å². The van der Waals surface area contributed by atoms with Crippen molar-refractivity contribution in [2.45, 2.75) is 95.8 Å². The van der Waals surface area contributed by atoms with Crippen LogP contribution >= 0.6 is 0 Å². The van der Waals surface area contributed by atoms with Gasteiger partial charge in [0.15, 0.2) is 0 Å². The van der Waals surface area contributed by atoms with Crippen LogP contribution in [0.3, 0.4) is 0 Å². The van der Waals surface area contributed by atoms with Gasteiger partial charge >= 0.3 is 5.97 Å². The summed E-state index contributed by atoms with van der Waals surface area (Å²) in [6, 6.07) is 7.12. The minimum absolute atomic E-state index is 0.0964. The van der Waals surface area contributed by atoms with E-state index in [0.717, 1.165) is 62.7 Å². The molecule has 2 aromatic rings. The number of methoxy groups -OCH3 is 1. The highest BCUT2D eigenvalue weighted by molar-refractivity contribution is 6.09. The molecule has 0 saturated heterocycles. The Morgan fingerprint density at radius 3 is 2.33 bits per heavy atom. The average Bonchev–Trinajstić information content (AvgIpc) is 3.31. The summed E-state index contributed by atoms with van der Waals surface area (Å²) in [5.74, 6) is 1.96. The molecular weight excluding hydrogens is 494 g/mol. The number of para-hydroxylation sites is 1. The Balaban J connectivity index is 1.31. The Kier molecular flexibility index (Phi) is 7.40. The molecule has 39 heavy (non-hydrogen) atoms. The number of esters is 1. The molecule has 0 spiro atoms. The molecule has 5 aliphatic rings. The predicted molar refractivity (Wildman–Crippen MR) is 147 cm³/mol. The third-order valence-corrected chi connectivity index (χ3v) is 9.45. The lowest BCUT2D eigenvalue weighted by Gasteiger charge is -2.56. The van der Waals surface area contributed by atoms with Crippen LogP contribution in [0.4, 0.5) is 5.69 Å². The first-order valence-corrected chi connectivity index (χ1v) is 14.9. The Hall–Kier alpha value is -2.87. The van der Waals surface area contributed by atoms with Gasteiger partial charge in [-0.1, -0.05) is 31.4 Å². The standard InChI is InChI=1S/C31H41N3O5/c1-3-38-30(36)24-11-7-8-12-25(24)32-28(35)27-26(33-34(29(27)37-2)23-9-5-4-6-10-23)19-39-31-16-20-13-21(17-31)15-22(14-20)18-31/h7-8,11-12,20-23H,3-6,9-10,13-19H2,1-2H3,(H,32,35). The number of nitrogens with one attached hydrogen (secondary N) is 1. The summed E-state index contributed by atoms with van der Waals surface area (Å²) in [5.41, 5.74) is 1.63. The van der Waals surface area contributed by atoms with Gasteiger partial charge in [-0.05, 0) is 88.2 Å². The Labute approximate surface area is 230 Å². The number of nitrogens with zero attached hydrogens (tertiary/aromatic N) is 2. The smallest absolute Gasteiger partial charge is 0.340 e. The summed E-state index contributed by atoms with van der Waals surface area (Å²) in [5, 5.41) is 7.95. The van der Waals surface area contributed by atoms with Gasteiger partial charge in [0, 0.05) is 0 Å². The van der Waals surface area contributed by atoms with Crippen LogP contribution in [0.15, 0.2) is 24.3 Å². The molecule has 0 aliphatic heterocycles. The molecule has 5 saturated carbocycles. The number of benzene rings is 1. The number of rotatable bonds is 9. The number of hydrogen-bond acceptors (Lipinski definition) is 6. The largest absolute Gasteiger partial charge is 0.481 e. The molecule has 1 aromatic carbocycles. The highest BCUT2D eigenvalue weighted by atomic mass is 16.5. The van der Waals surface area contributed by atoms with Crippen molar-refractivity contribution in [2.24, 2.45) is 17.8 Å². The SMILES string of the molecule is CCOC(=O)c1ccccc1NC(=O)c1c(COC23CC4CC(CC(C4)C2)C3)nn(C2CCCCC2)c1OC. The highest BCUT2D eigenvalue weighted by Gasteiger charge is 2.52. The number of anilines is 1. The molecule has 210 valence electrons. The molecule has 0 radical (unpaired) electrons. The fourth-order valence-electron chi connectivity index (χ4n) is 8.15. The third kappa shape index (κ3) is 5.20. The van der Waals surface area contributed by atoms with Crippen LogP contribution in [0, 0.1) is 17.8 Å².